The van der Waals surface area contributed by atoms with Gasteiger partial charge in [-0.2, -0.15) is 0 Å². The summed E-state index contributed by atoms with van der Waals surface area (Å²) in [7, 11) is 0. The van der Waals surface area contributed by atoms with Gasteiger partial charge in [0.05, 0.1) is 5.39 Å². The summed E-state index contributed by atoms with van der Waals surface area (Å²) in [6, 6.07) is 2.50. The number of aliphatic carboxylic acids is 1. The normalized spacial score (nSPS) is 13.4. The van der Waals surface area contributed by atoms with Gasteiger partial charge in [-0.25, -0.2) is 9.59 Å². The predicted molar refractivity (Wildman–Crippen MR) is 101 cm³/mol. The number of benzene rings is 1. The molecule has 146 valence electrons. The number of rotatable bonds is 6. The van der Waals surface area contributed by atoms with Crippen molar-refractivity contribution in [3.8, 4) is 5.75 Å². The molecule has 27 heavy (non-hydrogen) atoms. The molecule has 0 radical (unpaired) electrons. The fourth-order valence-corrected chi connectivity index (χ4v) is 2.81. The zero-order valence-corrected chi connectivity index (χ0v) is 16.4. The summed E-state index contributed by atoms with van der Waals surface area (Å²) < 4.78 is 11.2. The average Bonchev–Trinajstić information content (AvgIpc) is 2.56. The second-order valence-corrected chi connectivity index (χ2v) is 7.10. The minimum atomic E-state index is -1.10. The van der Waals surface area contributed by atoms with E-state index in [1.807, 2.05) is 6.92 Å². The summed E-state index contributed by atoms with van der Waals surface area (Å²) in [6.07, 6.45) is -0.928. The number of aryl methyl sites for hydroxylation is 2. The van der Waals surface area contributed by atoms with E-state index in [1.54, 1.807) is 46.8 Å². The van der Waals surface area contributed by atoms with Crippen LogP contribution in [0.4, 0.5) is 0 Å². The number of ether oxygens (including phenoxy) is 1. The lowest BCUT2D eigenvalue weighted by Gasteiger charge is -2.22. The highest BCUT2D eigenvalue weighted by molar-refractivity contribution is 5.90. The van der Waals surface area contributed by atoms with Crippen LogP contribution in [0, 0.1) is 26.7 Å². The summed E-state index contributed by atoms with van der Waals surface area (Å²) in [6.45, 7) is 10.3. The molecule has 2 N–H and O–H groups in total. The SMILES string of the molecule is Cc1cc(O[C@@H](C)C(=O)N[C@H](C(=O)O)C(C)C)c2c(C)c(C)c(=O)oc2c1. The van der Waals surface area contributed by atoms with Crippen molar-refractivity contribution < 1.29 is 23.8 Å². The van der Waals surface area contributed by atoms with Crippen molar-refractivity contribution in [1.29, 1.82) is 0 Å². The van der Waals surface area contributed by atoms with Crippen molar-refractivity contribution in [2.24, 2.45) is 5.92 Å². The Kier molecular flexibility index (Phi) is 5.93. The Morgan fingerprint density at radius 3 is 2.30 bits per heavy atom. The van der Waals surface area contributed by atoms with Crippen molar-refractivity contribution in [3.63, 3.8) is 0 Å². The van der Waals surface area contributed by atoms with Crippen LogP contribution in [0.25, 0.3) is 11.0 Å². The Morgan fingerprint density at radius 1 is 1.11 bits per heavy atom. The van der Waals surface area contributed by atoms with Crippen LogP contribution >= 0.6 is 0 Å². The molecule has 0 fully saturated rings. The van der Waals surface area contributed by atoms with E-state index in [1.165, 1.54) is 0 Å². The summed E-state index contributed by atoms with van der Waals surface area (Å²) in [5.41, 5.74) is 1.97. The third-order valence-electron chi connectivity index (χ3n) is 4.56. The van der Waals surface area contributed by atoms with E-state index in [9.17, 15) is 19.5 Å². The minimum absolute atomic E-state index is 0.266. The molecule has 7 heteroatoms. The lowest BCUT2D eigenvalue weighted by molar-refractivity contribution is -0.144. The van der Waals surface area contributed by atoms with Gasteiger partial charge in [-0.15, -0.1) is 0 Å². The highest BCUT2D eigenvalue weighted by Gasteiger charge is 2.27. The molecule has 2 aromatic rings. The summed E-state index contributed by atoms with van der Waals surface area (Å²) in [5.74, 6) is -1.48. The second kappa shape index (κ2) is 7.82. The van der Waals surface area contributed by atoms with Crippen LogP contribution in [-0.4, -0.2) is 29.1 Å². The molecule has 1 heterocycles. The third kappa shape index (κ3) is 4.30. The van der Waals surface area contributed by atoms with Gasteiger partial charge in [-0.1, -0.05) is 13.8 Å². The molecule has 2 rings (SSSR count). The van der Waals surface area contributed by atoms with Crippen molar-refractivity contribution in [2.75, 3.05) is 0 Å². The molecule has 0 saturated carbocycles. The quantitative estimate of drug-likeness (QED) is 0.752. The zero-order valence-electron chi connectivity index (χ0n) is 16.4. The van der Waals surface area contributed by atoms with Crippen LogP contribution in [-0.2, 0) is 9.59 Å². The number of carbonyl (C=O) groups excluding carboxylic acids is 1. The molecule has 1 aromatic carbocycles. The van der Waals surface area contributed by atoms with E-state index < -0.39 is 29.6 Å². The topological polar surface area (TPSA) is 106 Å². The average molecular weight is 375 g/mol. The number of hydrogen-bond acceptors (Lipinski definition) is 5. The Labute approximate surface area is 157 Å². The van der Waals surface area contributed by atoms with Gasteiger partial charge in [0.15, 0.2) is 6.10 Å². The minimum Gasteiger partial charge on any atom is -0.480 e. The van der Waals surface area contributed by atoms with Gasteiger partial charge < -0.3 is 19.6 Å². The number of fused-ring (bicyclic) bond motifs is 1. The van der Waals surface area contributed by atoms with Crippen LogP contribution in [0.1, 0.15) is 37.5 Å². The number of carboxylic acid groups (broad SMARTS) is 1. The first-order chi connectivity index (χ1) is 12.5. The lowest BCUT2D eigenvalue weighted by atomic mass is 10.0. The van der Waals surface area contributed by atoms with Crippen molar-refractivity contribution in [1.82, 2.24) is 5.32 Å². The van der Waals surface area contributed by atoms with E-state index >= 15 is 0 Å². The molecular weight excluding hydrogens is 350 g/mol. The van der Waals surface area contributed by atoms with Crippen LogP contribution in [0.5, 0.6) is 5.75 Å². The molecule has 2 atom stereocenters. The predicted octanol–water partition coefficient (Wildman–Crippen LogP) is 2.71. The molecular formula is C20H25NO6. The van der Waals surface area contributed by atoms with Crippen LogP contribution in [0.2, 0.25) is 0 Å². The van der Waals surface area contributed by atoms with Gasteiger partial charge in [0.2, 0.25) is 0 Å². The largest absolute Gasteiger partial charge is 0.480 e. The molecule has 0 aliphatic carbocycles. The molecule has 0 aliphatic heterocycles. The van der Waals surface area contributed by atoms with E-state index in [2.05, 4.69) is 5.32 Å². The van der Waals surface area contributed by atoms with Crippen molar-refractivity contribution in [3.05, 3.63) is 39.2 Å². The Hall–Kier alpha value is -2.83. The molecule has 0 spiro atoms. The van der Waals surface area contributed by atoms with E-state index in [4.69, 9.17) is 9.15 Å². The number of hydrogen-bond donors (Lipinski definition) is 2. The van der Waals surface area contributed by atoms with Gasteiger partial charge in [0.1, 0.15) is 17.4 Å². The van der Waals surface area contributed by atoms with Crippen LogP contribution in [0.3, 0.4) is 0 Å². The summed E-state index contributed by atoms with van der Waals surface area (Å²) in [4.78, 5) is 35.6. The number of amides is 1. The fraction of sp³-hybridized carbons (Fsp3) is 0.450. The Bertz CT molecular complexity index is 944. The van der Waals surface area contributed by atoms with Gasteiger partial charge in [0.25, 0.3) is 5.91 Å². The molecule has 0 aliphatic rings. The first kappa shape index (κ1) is 20.5. The first-order valence-corrected chi connectivity index (χ1v) is 8.77. The Balaban J connectivity index is 2.37. The maximum absolute atomic E-state index is 12.4. The third-order valence-corrected chi connectivity index (χ3v) is 4.56. The highest BCUT2D eigenvalue weighted by atomic mass is 16.5. The second-order valence-electron chi connectivity index (χ2n) is 7.10. The first-order valence-electron chi connectivity index (χ1n) is 8.77. The van der Waals surface area contributed by atoms with E-state index in [0.29, 0.717) is 22.3 Å². The monoisotopic (exact) mass is 375 g/mol. The molecule has 1 aromatic heterocycles. The van der Waals surface area contributed by atoms with Crippen molar-refractivity contribution in [2.45, 2.75) is 53.7 Å². The zero-order chi connectivity index (χ0) is 20.5. The van der Waals surface area contributed by atoms with Gasteiger partial charge in [0, 0.05) is 5.56 Å². The summed E-state index contributed by atoms with van der Waals surface area (Å²) >= 11 is 0. The van der Waals surface area contributed by atoms with Gasteiger partial charge >= 0.3 is 11.6 Å². The number of nitrogens with one attached hydrogen (secondary N) is 1. The molecule has 1 amide bonds. The van der Waals surface area contributed by atoms with E-state index in [0.717, 1.165) is 11.1 Å². The molecule has 0 unspecified atom stereocenters. The molecule has 0 saturated heterocycles. The fourth-order valence-electron chi connectivity index (χ4n) is 2.81. The maximum Gasteiger partial charge on any atom is 0.339 e. The molecule has 7 nitrogen and oxygen atoms in total. The standard InChI is InChI=1S/C20H25NO6/c1-9(2)17(19(23)24)21-18(22)13(6)26-14-7-10(3)8-15-16(14)11(4)12(5)20(25)27-15/h7-9,13,17H,1-6H3,(H,21,22)(H,23,24)/t13-,17-/m0/s1. The van der Waals surface area contributed by atoms with Crippen molar-refractivity contribution >= 4 is 22.8 Å². The smallest absolute Gasteiger partial charge is 0.339 e. The van der Waals surface area contributed by atoms with Gasteiger partial charge in [-0.05, 0) is 56.9 Å². The number of carboxylic acids is 1. The van der Waals surface area contributed by atoms with Gasteiger partial charge in [-0.3, -0.25) is 4.79 Å². The highest BCUT2D eigenvalue weighted by Crippen LogP contribution is 2.31. The molecule has 0 bridgehead atoms. The lowest BCUT2D eigenvalue weighted by Crippen LogP contribution is -2.48. The number of carbonyl (C=O) groups is 2. The maximum atomic E-state index is 12.4. The Morgan fingerprint density at radius 2 is 1.74 bits per heavy atom. The van der Waals surface area contributed by atoms with Crippen LogP contribution in [0.15, 0.2) is 21.3 Å². The van der Waals surface area contributed by atoms with Crippen LogP contribution < -0.4 is 15.7 Å². The van der Waals surface area contributed by atoms with E-state index in [-0.39, 0.29) is 5.92 Å². The summed E-state index contributed by atoms with van der Waals surface area (Å²) in [5, 5.41) is 12.4.